The number of likely N-dealkylation sites (tertiary alicyclic amines) is 1. The Kier molecular flexibility index (Phi) is 8.49. The van der Waals surface area contributed by atoms with Crippen LogP contribution in [0.4, 0.5) is 11.4 Å². The van der Waals surface area contributed by atoms with E-state index in [9.17, 15) is 4.79 Å². The third kappa shape index (κ3) is 5.75. The van der Waals surface area contributed by atoms with Gasteiger partial charge >= 0.3 is 0 Å². The fourth-order valence-corrected chi connectivity index (χ4v) is 5.32. The van der Waals surface area contributed by atoms with Crippen molar-refractivity contribution < 1.29 is 4.79 Å². The predicted molar refractivity (Wildman–Crippen MR) is 142 cm³/mol. The molecule has 0 radical (unpaired) electrons. The first-order valence-electron chi connectivity index (χ1n) is 13.4. The molecule has 2 aromatic carbocycles. The maximum absolute atomic E-state index is 13.2. The Balaban J connectivity index is 1.37. The number of aryl methyl sites for hydroxylation is 1. The zero-order valence-corrected chi connectivity index (χ0v) is 21.0. The summed E-state index contributed by atoms with van der Waals surface area (Å²) in [4.78, 5) is 15.2. The van der Waals surface area contributed by atoms with E-state index in [0.717, 1.165) is 55.8 Å². The van der Waals surface area contributed by atoms with E-state index in [4.69, 9.17) is 0 Å². The molecular weight excluding hydrogens is 420 g/mol. The third-order valence-electron chi connectivity index (χ3n) is 7.44. The highest BCUT2D eigenvalue weighted by molar-refractivity contribution is 5.94. The molecule has 2 aromatic rings. The van der Waals surface area contributed by atoms with Gasteiger partial charge in [-0.2, -0.15) is 0 Å². The summed E-state index contributed by atoms with van der Waals surface area (Å²) in [5, 5.41) is 11.4. The predicted octanol–water partition coefficient (Wildman–Crippen LogP) is 6.24. The summed E-state index contributed by atoms with van der Waals surface area (Å²) in [5.41, 5.74) is 4.45. The van der Waals surface area contributed by atoms with Crippen molar-refractivity contribution >= 4 is 17.3 Å². The number of carbonyl (C=O) groups is 1. The highest BCUT2D eigenvalue weighted by Crippen LogP contribution is 2.39. The second kappa shape index (κ2) is 11.7. The standard InChI is InChI=1S/C29H42N4O/c1-3-5-7-10-20-30-29(31-26-12-8-9-13-27(26)32-29)25-18-21-33(22-19-25)28(34)24-16-14-23(15-17-24)11-6-4-2/h8-9,12-17,25,30-32H,3-7,10-11,18-22H2,1-2H3. The number of anilines is 2. The van der Waals surface area contributed by atoms with E-state index in [2.05, 4.69) is 66.2 Å². The number of unbranched alkanes of at least 4 members (excludes halogenated alkanes) is 4. The van der Waals surface area contributed by atoms with Crippen LogP contribution in [0.15, 0.2) is 48.5 Å². The molecule has 1 saturated heterocycles. The topological polar surface area (TPSA) is 56.4 Å². The molecule has 0 saturated carbocycles. The van der Waals surface area contributed by atoms with Crippen LogP contribution < -0.4 is 16.0 Å². The van der Waals surface area contributed by atoms with Gasteiger partial charge in [-0.25, -0.2) is 0 Å². The van der Waals surface area contributed by atoms with Crippen molar-refractivity contribution in [3.05, 3.63) is 59.7 Å². The van der Waals surface area contributed by atoms with Gasteiger partial charge in [0.25, 0.3) is 5.91 Å². The smallest absolute Gasteiger partial charge is 0.253 e. The molecule has 1 fully saturated rings. The van der Waals surface area contributed by atoms with Crippen LogP contribution in [0.5, 0.6) is 0 Å². The van der Waals surface area contributed by atoms with Gasteiger partial charge in [0.2, 0.25) is 0 Å². The summed E-state index contributed by atoms with van der Waals surface area (Å²) in [6, 6.07) is 16.7. The minimum atomic E-state index is -0.341. The number of rotatable bonds is 11. The van der Waals surface area contributed by atoms with Crippen LogP contribution in [-0.2, 0) is 6.42 Å². The van der Waals surface area contributed by atoms with Gasteiger partial charge in [-0.15, -0.1) is 0 Å². The quantitative estimate of drug-likeness (QED) is 0.346. The van der Waals surface area contributed by atoms with Crippen molar-refractivity contribution in [2.75, 3.05) is 30.3 Å². The summed E-state index contributed by atoms with van der Waals surface area (Å²) in [6.07, 6.45) is 10.4. The lowest BCUT2D eigenvalue weighted by Crippen LogP contribution is -2.62. The molecule has 2 aliphatic rings. The first-order valence-corrected chi connectivity index (χ1v) is 13.4. The maximum Gasteiger partial charge on any atom is 0.253 e. The second-order valence-corrected chi connectivity index (χ2v) is 9.96. The molecular formula is C29H42N4O. The Labute approximate surface area is 205 Å². The molecule has 0 aliphatic carbocycles. The monoisotopic (exact) mass is 462 g/mol. The number of nitrogens with one attached hydrogen (secondary N) is 3. The summed E-state index contributed by atoms with van der Waals surface area (Å²) in [5.74, 6) is 0.218. The molecule has 4 rings (SSSR count). The van der Waals surface area contributed by atoms with Crippen LogP contribution in [0.25, 0.3) is 0 Å². The minimum Gasteiger partial charge on any atom is -0.349 e. The maximum atomic E-state index is 13.2. The van der Waals surface area contributed by atoms with Gasteiger partial charge < -0.3 is 15.5 Å². The zero-order valence-electron chi connectivity index (χ0n) is 21.0. The average Bonchev–Trinajstić information content (AvgIpc) is 3.27. The molecule has 1 amide bonds. The molecule has 0 bridgehead atoms. The molecule has 0 spiro atoms. The number of amides is 1. The molecule has 2 aliphatic heterocycles. The van der Waals surface area contributed by atoms with Gasteiger partial charge in [-0.05, 0) is 68.5 Å². The van der Waals surface area contributed by atoms with E-state index >= 15 is 0 Å². The summed E-state index contributed by atoms with van der Waals surface area (Å²) < 4.78 is 0. The van der Waals surface area contributed by atoms with Crippen LogP contribution in [0, 0.1) is 5.92 Å². The van der Waals surface area contributed by atoms with Gasteiger partial charge in [0.05, 0.1) is 11.4 Å². The van der Waals surface area contributed by atoms with Gasteiger partial charge in [-0.3, -0.25) is 10.1 Å². The Morgan fingerprint density at radius 2 is 1.56 bits per heavy atom. The van der Waals surface area contributed by atoms with Gasteiger partial charge in [0.15, 0.2) is 5.79 Å². The second-order valence-electron chi connectivity index (χ2n) is 9.96. The van der Waals surface area contributed by atoms with Crippen molar-refractivity contribution in [1.82, 2.24) is 10.2 Å². The Morgan fingerprint density at radius 1 is 0.912 bits per heavy atom. The van der Waals surface area contributed by atoms with E-state index in [-0.39, 0.29) is 11.7 Å². The first kappa shape index (κ1) is 24.6. The summed E-state index contributed by atoms with van der Waals surface area (Å²) in [7, 11) is 0. The lowest BCUT2D eigenvalue weighted by atomic mass is 9.88. The van der Waals surface area contributed by atoms with Crippen LogP contribution in [0.1, 0.15) is 81.1 Å². The molecule has 0 atom stereocenters. The number of nitrogens with zero attached hydrogens (tertiary/aromatic N) is 1. The minimum absolute atomic E-state index is 0.165. The average molecular weight is 463 g/mol. The van der Waals surface area contributed by atoms with Crippen molar-refractivity contribution in [1.29, 1.82) is 0 Å². The molecule has 3 N–H and O–H groups in total. The lowest BCUT2D eigenvalue weighted by Gasteiger charge is -2.43. The SMILES string of the molecule is CCCCCCNC1(C2CCN(C(=O)c3ccc(CCCC)cc3)CC2)Nc2ccccc2N1. The van der Waals surface area contributed by atoms with E-state index in [1.165, 1.54) is 44.1 Å². The number of piperidine rings is 1. The number of hydrogen-bond acceptors (Lipinski definition) is 4. The fourth-order valence-electron chi connectivity index (χ4n) is 5.32. The lowest BCUT2D eigenvalue weighted by molar-refractivity contribution is 0.0645. The highest BCUT2D eigenvalue weighted by atomic mass is 16.2. The normalized spacial score (nSPS) is 17.2. The number of fused-ring (bicyclic) bond motifs is 1. The van der Waals surface area contributed by atoms with Crippen LogP contribution in [0.3, 0.4) is 0 Å². The van der Waals surface area contributed by atoms with Crippen molar-refractivity contribution in [3.63, 3.8) is 0 Å². The third-order valence-corrected chi connectivity index (χ3v) is 7.44. The Hall–Kier alpha value is -2.53. The van der Waals surface area contributed by atoms with E-state index in [1.54, 1.807) is 0 Å². The largest absolute Gasteiger partial charge is 0.349 e. The molecule has 34 heavy (non-hydrogen) atoms. The first-order chi connectivity index (χ1) is 16.6. The summed E-state index contributed by atoms with van der Waals surface area (Å²) >= 11 is 0. The molecule has 0 unspecified atom stereocenters. The summed E-state index contributed by atoms with van der Waals surface area (Å²) in [6.45, 7) is 7.03. The van der Waals surface area contributed by atoms with Crippen molar-refractivity contribution in [3.8, 4) is 0 Å². The Morgan fingerprint density at radius 3 is 2.18 bits per heavy atom. The molecule has 184 valence electrons. The van der Waals surface area contributed by atoms with Crippen LogP contribution >= 0.6 is 0 Å². The van der Waals surface area contributed by atoms with E-state index < -0.39 is 0 Å². The van der Waals surface area contributed by atoms with Crippen molar-refractivity contribution in [2.45, 2.75) is 77.4 Å². The van der Waals surface area contributed by atoms with Crippen LogP contribution in [0.2, 0.25) is 0 Å². The Bertz CT molecular complexity index is 893. The van der Waals surface area contributed by atoms with E-state index in [0.29, 0.717) is 5.92 Å². The molecule has 2 heterocycles. The van der Waals surface area contributed by atoms with Gasteiger partial charge in [-0.1, -0.05) is 63.8 Å². The number of para-hydroxylation sites is 2. The van der Waals surface area contributed by atoms with Gasteiger partial charge in [0.1, 0.15) is 0 Å². The number of hydrogen-bond donors (Lipinski definition) is 3. The zero-order chi connectivity index (χ0) is 23.8. The number of carbonyl (C=O) groups excluding carboxylic acids is 1. The highest BCUT2D eigenvalue weighted by Gasteiger charge is 2.44. The molecule has 5 nitrogen and oxygen atoms in total. The van der Waals surface area contributed by atoms with Crippen LogP contribution in [-0.4, -0.2) is 36.2 Å². The fraction of sp³-hybridized carbons (Fsp3) is 0.552. The number of benzene rings is 2. The van der Waals surface area contributed by atoms with Gasteiger partial charge in [0, 0.05) is 24.6 Å². The van der Waals surface area contributed by atoms with Crippen molar-refractivity contribution in [2.24, 2.45) is 5.92 Å². The molecule has 0 aromatic heterocycles. The molecule has 5 heteroatoms. The van der Waals surface area contributed by atoms with E-state index in [1.807, 2.05) is 17.0 Å².